The zero-order chi connectivity index (χ0) is 13.8. The SMILES string of the molecule is COc1ccccc1CC(C)NC(=O)C(C)(C)C. The number of para-hydroxylation sites is 1. The Morgan fingerprint density at radius 2 is 1.94 bits per heavy atom. The first-order valence-corrected chi connectivity index (χ1v) is 6.27. The average molecular weight is 249 g/mol. The molecule has 1 N–H and O–H groups in total. The van der Waals surface area contributed by atoms with Gasteiger partial charge in [0.15, 0.2) is 0 Å². The van der Waals surface area contributed by atoms with Gasteiger partial charge in [-0.25, -0.2) is 0 Å². The fourth-order valence-corrected chi connectivity index (χ4v) is 1.69. The average Bonchev–Trinajstić information content (AvgIpc) is 2.28. The van der Waals surface area contributed by atoms with Crippen LogP contribution in [-0.2, 0) is 11.2 Å². The molecule has 1 atom stereocenters. The van der Waals surface area contributed by atoms with Gasteiger partial charge in [-0.2, -0.15) is 0 Å². The van der Waals surface area contributed by atoms with Gasteiger partial charge in [0, 0.05) is 11.5 Å². The molecule has 1 amide bonds. The van der Waals surface area contributed by atoms with Crippen molar-refractivity contribution in [2.75, 3.05) is 7.11 Å². The zero-order valence-electron chi connectivity index (χ0n) is 11.9. The molecule has 0 aliphatic carbocycles. The molecule has 0 saturated heterocycles. The number of amides is 1. The quantitative estimate of drug-likeness (QED) is 0.891. The van der Waals surface area contributed by atoms with Crippen molar-refractivity contribution in [1.29, 1.82) is 0 Å². The molecular weight excluding hydrogens is 226 g/mol. The van der Waals surface area contributed by atoms with Crippen LogP contribution in [-0.4, -0.2) is 19.1 Å². The highest BCUT2D eigenvalue weighted by Crippen LogP contribution is 2.19. The van der Waals surface area contributed by atoms with Gasteiger partial charge >= 0.3 is 0 Å². The standard InChI is InChI=1S/C15H23NO2/c1-11(16-14(17)15(2,3)4)10-12-8-6-7-9-13(12)18-5/h6-9,11H,10H2,1-5H3,(H,16,17). The van der Waals surface area contributed by atoms with Gasteiger partial charge in [-0.3, -0.25) is 4.79 Å². The van der Waals surface area contributed by atoms with E-state index in [0.29, 0.717) is 0 Å². The predicted octanol–water partition coefficient (Wildman–Crippen LogP) is 2.79. The van der Waals surface area contributed by atoms with Gasteiger partial charge in [0.1, 0.15) is 5.75 Å². The summed E-state index contributed by atoms with van der Waals surface area (Å²) < 4.78 is 5.31. The topological polar surface area (TPSA) is 38.3 Å². The molecule has 1 aromatic carbocycles. The van der Waals surface area contributed by atoms with E-state index in [1.165, 1.54) is 0 Å². The summed E-state index contributed by atoms with van der Waals surface area (Å²) in [5.41, 5.74) is 0.761. The van der Waals surface area contributed by atoms with E-state index in [4.69, 9.17) is 4.74 Å². The maximum Gasteiger partial charge on any atom is 0.225 e. The number of carbonyl (C=O) groups excluding carboxylic acids is 1. The predicted molar refractivity (Wildman–Crippen MR) is 73.8 cm³/mol. The molecule has 3 heteroatoms. The van der Waals surface area contributed by atoms with Crippen LogP contribution < -0.4 is 10.1 Å². The summed E-state index contributed by atoms with van der Waals surface area (Å²) >= 11 is 0. The maximum atomic E-state index is 11.9. The van der Waals surface area contributed by atoms with Crippen molar-refractivity contribution in [3.63, 3.8) is 0 Å². The molecule has 0 radical (unpaired) electrons. The molecule has 0 fully saturated rings. The molecule has 3 nitrogen and oxygen atoms in total. The summed E-state index contributed by atoms with van der Waals surface area (Å²) in [7, 11) is 1.66. The van der Waals surface area contributed by atoms with Crippen LogP contribution in [0, 0.1) is 5.41 Å². The minimum Gasteiger partial charge on any atom is -0.496 e. The fourth-order valence-electron chi connectivity index (χ4n) is 1.69. The van der Waals surface area contributed by atoms with Gasteiger partial charge in [0.05, 0.1) is 7.11 Å². The van der Waals surface area contributed by atoms with Crippen molar-refractivity contribution in [3.05, 3.63) is 29.8 Å². The summed E-state index contributed by atoms with van der Waals surface area (Å²) in [5, 5.41) is 3.03. The Bertz CT molecular complexity index is 407. The van der Waals surface area contributed by atoms with Gasteiger partial charge in [0.25, 0.3) is 0 Å². The van der Waals surface area contributed by atoms with Crippen LogP contribution in [0.15, 0.2) is 24.3 Å². The second-order valence-electron chi connectivity index (χ2n) is 5.64. The molecule has 0 aromatic heterocycles. The van der Waals surface area contributed by atoms with E-state index in [2.05, 4.69) is 5.32 Å². The number of nitrogens with one attached hydrogen (secondary N) is 1. The van der Waals surface area contributed by atoms with Crippen molar-refractivity contribution < 1.29 is 9.53 Å². The van der Waals surface area contributed by atoms with Crippen molar-refractivity contribution >= 4 is 5.91 Å². The molecule has 0 heterocycles. The highest BCUT2D eigenvalue weighted by molar-refractivity contribution is 5.81. The lowest BCUT2D eigenvalue weighted by atomic mass is 9.94. The molecule has 0 aliphatic heterocycles. The summed E-state index contributed by atoms with van der Waals surface area (Å²) in [4.78, 5) is 11.9. The van der Waals surface area contributed by atoms with Crippen LogP contribution in [0.3, 0.4) is 0 Å². The maximum absolute atomic E-state index is 11.9. The summed E-state index contributed by atoms with van der Waals surface area (Å²) in [6, 6.07) is 7.98. The van der Waals surface area contributed by atoms with Crippen LogP contribution in [0.5, 0.6) is 5.75 Å². The molecule has 1 rings (SSSR count). The first-order chi connectivity index (χ1) is 8.34. The van der Waals surface area contributed by atoms with Gasteiger partial charge in [0.2, 0.25) is 5.91 Å². The molecule has 100 valence electrons. The summed E-state index contributed by atoms with van der Waals surface area (Å²) in [6.45, 7) is 7.75. The lowest BCUT2D eigenvalue weighted by Crippen LogP contribution is -2.41. The molecule has 1 aromatic rings. The number of carbonyl (C=O) groups is 1. The first kappa shape index (κ1) is 14.6. The number of methoxy groups -OCH3 is 1. The summed E-state index contributed by atoms with van der Waals surface area (Å²) in [6.07, 6.45) is 0.770. The first-order valence-electron chi connectivity index (χ1n) is 6.27. The van der Waals surface area contributed by atoms with Crippen LogP contribution in [0.25, 0.3) is 0 Å². The van der Waals surface area contributed by atoms with Crippen molar-refractivity contribution in [2.24, 2.45) is 5.41 Å². The Kier molecular flexibility index (Phi) is 4.76. The molecule has 0 aliphatic rings. The Morgan fingerprint density at radius 1 is 1.33 bits per heavy atom. The zero-order valence-corrected chi connectivity index (χ0v) is 11.9. The number of hydrogen-bond donors (Lipinski definition) is 1. The van der Waals surface area contributed by atoms with E-state index in [0.717, 1.165) is 17.7 Å². The van der Waals surface area contributed by atoms with Crippen LogP contribution in [0.2, 0.25) is 0 Å². The normalized spacial score (nSPS) is 12.9. The highest BCUT2D eigenvalue weighted by atomic mass is 16.5. The third-order valence-corrected chi connectivity index (χ3v) is 2.78. The number of benzene rings is 1. The minimum absolute atomic E-state index is 0.0740. The van der Waals surface area contributed by atoms with Crippen molar-refractivity contribution in [2.45, 2.75) is 40.2 Å². The second kappa shape index (κ2) is 5.89. The smallest absolute Gasteiger partial charge is 0.225 e. The largest absolute Gasteiger partial charge is 0.496 e. The van der Waals surface area contributed by atoms with Crippen LogP contribution in [0.1, 0.15) is 33.3 Å². The minimum atomic E-state index is -0.352. The molecule has 0 spiro atoms. The van der Waals surface area contributed by atoms with Crippen LogP contribution >= 0.6 is 0 Å². The van der Waals surface area contributed by atoms with E-state index in [-0.39, 0.29) is 17.4 Å². The Hall–Kier alpha value is -1.51. The third kappa shape index (κ3) is 4.06. The monoisotopic (exact) mass is 249 g/mol. The van der Waals surface area contributed by atoms with E-state index >= 15 is 0 Å². The molecule has 18 heavy (non-hydrogen) atoms. The Morgan fingerprint density at radius 3 is 2.50 bits per heavy atom. The third-order valence-electron chi connectivity index (χ3n) is 2.78. The fraction of sp³-hybridized carbons (Fsp3) is 0.533. The van der Waals surface area contributed by atoms with E-state index in [9.17, 15) is 4.79 Å². The lowest BCUT2D eigenvalue weighted by molar-refractivity contribution is -0.129. The number of ether oxygens (including phenoxy) is 1. The molecule has 0 bridgehead atoms. The number of hydrogen-bond acceptors (Lipinski definition) is 2. The second-order valence-corrected chi connectivity index (χ2v) is 5.64. The molecule has 0 saturated carbocycles. The van der Waals surface area contributed by atoms with E-state index in [1.54, 1.807) is 7.11 Å². The van der Waals surface area contributed by atoms with Crippen LogP contribution in [0.4, 0.5) is 0 Å². The van der Waals surface area contributed by atoms with Crippen molar-refractivity contribution in [1.82, 2.24) is 5.32 Å². The lowest BCUT2D eigenvalue weighted by Gasteiger charge is -2.22. The number of rotatable bonds is 4. The van der Waals surface area contributed by atoms with Gasteiger partial charge < -0.3 is 10.1 Å². The Balaban J connectivity index is 2.65. The Labute approximate surface area is 110 Å². The van der Waals surface area contributed by atoms with E-state index in [1.807, 2.05) is 52.0 Å². The highest BCUT2D eigenvalue weighted by Gasteiger charge is 2.22. The van der Waals surface area contributed by atoms with Gasteiger partial charge in [-0.05, 0) is 25.0 Å². The molecular formula is C15H23NO2. The van der Waals surface area contributed by atoms with Gasteiger partial charge in [-0.15, -0.1) is 0 Å². The van der Waals surface area contributed by atoms with Gasteiger partial charge in [-0.1, -0.05) is 39.0 Å². The summed E-state index contributed by atoms with van der Waals surface area (Å²) in [5.74, 6) is 0.944. The molecule has 1 unspecified atom stereocenters. The van der Waals surface area contributed by atoms with E-state index < -0.39 is 0 Å². The van der Waals surface area contributed by atoms with Crippen molar-refractivity contribution in [3.8, 4) is 5.75 Å².